The molecule has 0 saturated heterocycles. The molecule has 1 heterocycles. The molecular formula is C20H15ClF3N3O2S. The lowest BCUT2D eigenvalue weighted by atomic mass is 10.1. The Morgan fingerprint density at radius 2 is 1.83 bits per heavy atom. The third-order valence-electron chi connectivity index (χ3n) is 3.98. The van der Waals surface area contributed by atoms with E-state index in [-0.39, 0.29) is 29.0 Å². The molecule has 0 aliphatic carbocycles. The van der Waals surface area contributed by atoms with Gasteiger partial charge in [0, 0.05) is 28.1 Å². The maximum absolute atomic E-state index is 12.9. The van der Waals surface area contributed by atoms with Gasteiger partial charge in [-0.3, -0.25) is 9.59 Å². The highest BCUT2D eigenvalue weighted by Gasteiger charge is 2.30. The molecule has 0 saturated carbocycles. The summed E-state index contributed by atoms with van der Waals surface area (Å²) in [5.41, 5.74) is -0.0444. The second-order valence-corrected chi connectivity index (χ2v) is 7.73. The zero-order valence-electron chi connectivity index (χ0n) is 15.3. The fourth-order valence-corrected chi connectivity index (χ4v) is 3.57. The molecule has 2 amide bonds. The smallest absolute Gasteiger partial charge is 0.343 e. The van der Waals surface area contributed by atoms with Gasteiger partial charge < -0.3 is 10.6 Å². The number of carbonyl (C=O) groups excluding carboxylic acids is 2. The monoisotopic (exact) mass is 453 g/mol. The van der Waals surface area contributed by atoms with Crippen molar-refractivity contribution in [2.45, 2.75) is 12.6 Å². The van der Waals surface area contributed by atoms with Crippen LogP contribution in [0.3, 0.4) is 0 Å². The van der Waals surface area contributed by atoms with E-state index >= 15 is 0 Å². The summed E-state index contributed by atoms with van der Waals surface area (Å²) in [5, 5.41) is 5.53. The van der Waals surface area contributed by atoms with Crippen molar-refractivity contribution in [1.29, 1.82) is 0 Å². The van der Waals surface area contributed by atoms with E-state index in [1.54, 1.807) is 30.3 Å². The summed E-state index contributed by atoms with van der Waals surface area (Å²) >= 11 is 7.13. The van der Waals surface area contributed by atoms with Crippen molar-refractivity contribution in [3.63, 3.8) is 0 Å². The molecule has 0 radical (unpaired) electrons. The molecule has 156 valence electrons. The van der Waals surface area contributed by atoms with Gasteiger partial charge in [0.15, 0.2) is 5.13 Å². The molecule has 2 aromatic carbocycles. The lowest BCUT2D eigenvalue weighted by Gasteiger charge is -2.09. The highest BCUT2D eigenvalue weighted by atomic mass is 35.5. The normalized spacial score (nSPS) is 11.2. The van der Waals surface area contributed by atoms with E-state index in [9.17, 15) is 22.8 Å². The van der Waals surface area contributed by atoms with Gasteiger partial charge in [-0.05, 0) is 35.9 Å². The fourth-order valence-electron chi connectivity index (χ4n) is 2.54. The first-order chi connectivity index (χ1) is 14.2. The quantitative estimate of drug-likeness (QED) is 0.564. The predicted molar refractivity (Wildman–Crippen MR) is 109 cm³/mol. The van der Waals surface area contributed by atoms with Crippen LogP contribution in [0.15, 0.2) is 54.7 Å². The second-order valence-electron chi connectivity index (χ2n) is 6.21. The van der Waals surface area contributed by atoms with Gasteiger partial charge >= 0.3 is 6.18 Å². The van der Waals surface area contributed by atoms with Gasteiger partial charge in [-0.25, -0.2) is 4.98 Å². The molecule has 1 aromatic heterocycles. The maximum atomic E-state index is 12.9. The van der Waals surface area contributed by atoms with Crippen LogP contribution >= 0.6 is 22.9 Å². The first-order valence-corrected chi connectivity index (χ1v) is 9.85. The number of aromatic nitrogens is 1. The lowest BCUT2D eigenvalue weighted by Crippen LogP contribution is -2.32. The summed E-state index contributed by atoms with van der Waals surface area (Å²) in [6.45, 7) is -0.248. The number of rotatable bonds is 6. The molecule has 0 aliphatic heterocycles. The van der Waals surface area contributed by atoms with Crippen LogP contribution < -0.4 is 10.6 Å². The van der Waals surface area contributed by atoms with Gasteiger partial charge in [0.2, 0.25) is 5.91 Å². The van der Waals surface area contributed by atoms with Crippen LogP contribution in [0.25, 0.3) is 0 Å². The number of alkyl halides is 3. The largest absolute Gasteiger partial charge is 0.416 e. The Morgan fingerprint density at radius 3 is 2.53 bits per heavy atom. The van der Waals surface area contributed by atoms with Gasteiger partial charge in [0.25, 0.3) is 5.91 Å². The van der Waals surface area contributed by atoms with Gasteiger partial charge in [-0.2, -0.15) is 13.2 Å². The van der Waals surface area contributed by atoms with E-state index in [4.69, 9.17) is 11.6 Å². The number of nitrogens with one attached hydrogen (secondary N) is 2. The number of thiazole rings is 1. The Labute approximate surface area is 178 Å². The minimum Gasteiger partial charge on any atom is -0.343 e. The van der Waals surface area contributed by atoms with Gasteiger partial charge in [-0.15, -0.1) is 11.3 Å². The van der Waals surface area contributed by atoms with E-state index in [1.165, 1.54) is 12.3 Å². The molecule has 0 bridgehead atoms. The number of halogens is 4. The molecule has 3 rings (SSSR count). The van der Waals surface area contributed by atoms with Crippen molar-refractivity contribution < 1.29 is 22.8 Å². The molecule has 0 fully saturated rings. The number of carbonyl (C=O) groups is 2. The van der Waals surface area contributed by atoms with Crippen molar-refractivity contribution in [2.75, 3.05) is 11.9 Å². The van der Waals surface area contributed by atoms with Crippen LogP contribution in [0.4, 0.5) is 18.3 Å². The topological polar surface area (TPSA) is 71.1 Å². The van der Waals surface area contributed by atoms with Crippen molar-refractivity contribution in [2.24, 2.45) is 0 Å². The van der Waals surface area contributed by atoms with E-state index in [1.807, 2.05) is 0 Å². The van der Waals surface area contributed by atoms with Gasteiger partial charge in [0.1, 0.15) is 0 Å². The number of amides is 2. The summed E-state index contributed by atoms with van der Waals surface area (Å²) in [5.74, 6) is -0.859. The highest BCUT2D eigenvalue weighted by molar-refractivity contribution is 7.15. The summed E-state index contributed by atoms with van der Waals surface area (Å²) in [6.07, 6.45) is -2.86. The van der Waals surface area contributed by atoms with Gasteiger partial charge in [-0.1, -0.05) is 29.8 Å². The average Bonchev–Trinajstić information content (AvgIpc) is 3.14. The number of anilines is 1. The van der Waals surface area contributed by atoms with Crippen molar-refractivity contribution in [1.82, 2.24) is 10.3 Å². The van der Waals surface area contributed by atoms with Crippen molar-refractivity contribution in [3.8, 4) is 0 Å². The fraction of sp³-hybridized carbons (Fsp3) is 0.150. The summed E-state index contributed by atoms with van der Waals surface area (Å²) in [6, 6.07) is 11.6. The Kier molecular flexibility index (Phi) is 6.73. The van der Waals surface area contributed by atoms with E-state index in [2.05, 4.69) is 15.6 Å². The maximum Gasteiger partial charge on any atom is 0.416 e. The van der Waals surface area contributed by atoms with Crippen LogP contribution in [0, 0.1) is 0 Å². The van der Waals surface area contributed by atoms with Crippen LogP contribution in [-0.4, -0.2) is 23.3 Å². The average molecular weight is 454 g/mol. The van der Waals surface area contributed by atoms with E-state index < -0.39 is 17.6 Å². The third-order valence-corrected chi connectivity index (χ3v) is 5.26. The third kappa shape index (κ3) is 5.80. The highest BCUT2D eigenvalue weighted by Crippen LogP contribution is 2.33. The molecule has 0 unspecified atom stereocenters. The summed E-state index contributed by atoms with van der Waals surface area (Å²) in [7, 11) is 0. The molecule has 0 aliphatic rings. The van der Waals surface area contributed by atoms with Crippen molar-refractivity contribution >= 4 is 39.9 Å². The minimum atomic E-state index is -4.46. The Morgan fingerprint density at radius 1 is 1.10 bits per heavy atom. The molecule has 10 heteroatoms. The Balaban J connectivity index is 1.58. The Bertz CT molecular complexity index is 1050. The molecular weight excluding hydrogens is 439 g/mol. The van der Waals surface area contributed by atoms with Crippen LogP contribution in [0.2, 0.25) is 5.02 Å². The zero-order valence-corrected chi connectivity index (χ0v) is 16.9. The van der Waals surface area contributed by atoms with Crippen LogP contribution in [0.1, 0.15) is 26.4 Å². The molecule has 0 atom stereocenters. The first-order valence-electron chi connectivity index (χ1n) is 8.66. The second kappa shape index (κ2) is 9.27. The summed E-state index contributed by atoms with van der Waals surface area (Å²) in [4.78, 5) is 28.6. The first kappa shape index (κ1) is 21.8. The molecule has 2 N–H and O–H groups in total. The molecule has 0 spiro atoms. The standard InChI is InChI=1S/C20H15ClF3N3O2S/c21-16-7-6-14(20(22,23)24)8-13(16)9-15-10-26-19(30-15)27-17(28)11-25-18(29)12-4-2-1-3-5-12/h1-8,10H,9,11H2,(H,25,29)(H,26,27,28). The summed E-state index contributed by atoms with van der Waals surface area (Å²) < 4.78 is 38.7. The number of benzene rings is 2. The predicted octanol–water partition coefficient (Wildman–Crippen LogP) is 4.77. The molecule has 30 heavy (non-hydrogen) atoms. The Hall–Kier alpha value is -2.91. The van der Waals surface area contributed by atoms with Gasteiger partial charge in [0.05, 0.1) is 12.1 Å². The van der Waals surface area contributed by atoms with E-state index in [0.717, 1.165) is 23.5 Å². The number of hydrogen-bond donors (Lipinski definition) is 2. The van der Waals surface area contributed by atoms with E-state index in [0.29, 0.717) is 16.0 Å². The zero-order chi connectivity index (χ0) is 21.7. The SMILES string of the molecule is O=C(CNC(=O)c1ccccc1)Nc1ncc(Cc2cc(C(F)(F)F)ccc2Cl)s1. The lowest BCUT2D eigenvalue weighted by molar-refractivity contribution is -0.137. The van der Waals surface area contributed by atoms with Crippen molar-refractivity contribution in [3.05, 3.63) is 81.3 Å². The number of nitrogens with zero attached hydrogens (tertiary/aromatic N) is 1. The molecule has 5 nitrogen and oxygen atoms in total. The number of hydrogen-bond acceptors (Lipinski definition) is 4. The molecule has 3 aromatic rings. The minimum absolute atomic E-state index is 0.140. The van der Waals surface area contributed by atoms with Crippen LogP contribution in [-0.2, 0) is 17.4 Å². The van der Waals surface area contributed by atoms with Crippen LogP contribution in [0.5, 0.6) is 0 Å².